The van der Waals surface area contributed by atoms with Crippen LogP contribution in [-0.2, 0) is 0 Å². The SMILES string of the molecule is CC#CCC(CC1=CCCCC1)NN. The maximum atomic E-state index is 5.49. The van der Waals surface area contributed by atoms with Crippen LogP contribution >= 0.6 is 0 Å². The van der Waals surface area contributed by atoms with E-state index < -0.39 is 0 Å². The fraction of sp³-hybridized carbons (Fsp3) is 0.667. The first kappa shape index (κ1) is 11.3. The topological polar surface area (TPSA) is 38.0 Å². The Bertz CT molecular complexity index is 245. The molecule has 0 fully saturated rings. The van der Waals surface area contributed by atoms with Gasteiger partial charge in [0.05, 0.1) is 0 Å². The van der Waals surface area contributed by atoms with Gasteiger partial charge in [0.15, 0.2) is 0 Å². The second-order valence-corrected chi connectivity index (χ2v) is 3.81. The quantitative estimate of drug-likeness (QED) is 0.310. The lowest BCUT2D eigenvalue weighted by molar-refractivity contribution is 0.517. The molecule has 0 radical (unpaired) electrons. The summed E-state index contributed by atoms with van der Waals surface area (Å²) in [6.07, 6.45) is 9.45. The van der Waals surface area contributed by atoms with Gasteiger partial charge in [-0.2, -0.15) is 0 Å². The molecule has 0 saturated carbocycles. The van der Waals surface area contributed by atoms with Crippen LogP contribution in [0.25, 0.3) is 0 Å². The fourth-order valence-electron chi connectivity index (χ4n) is 1.82. The van der Waals surface area contributed by atoms with Crippen LogP contribution in [0.5, 0.6) is 0 Å². The summed E-state index contributed by atoms with van der Waals surface area (Å²) in [4.78, 5) is 0. The Kier molecular flexibility index (Phi) is 5.36. The van der Waals surface area contributed by atoms with Crippen molar-refractivity contribution in [3.05, 3.63) is 11.6 Å². The van der Waals surface area contributed by atoms with Crippen molar-refractivity contribution in [2.24, 2.45) is 5.84 Å². The third-order valence-corrected chi connectivity index (χ3v) is 2.65. The molecule has 2 nitrogen and oxygen atoms in total. The van der Waals surface area contributed by atoms with Gasteiger partial charge in [-0.15, -0.1) is 11.8 Å². The van der Waals surface area contributed by atoms with E-state index in [-0.39, 0.29) is 0 Å². The first-order valence-corrected chi connectivity index (χ1v) is 5.40. The zero-order valence-corrected chi connectivity index (χ0v) is 8.97. The van der Waals surface area contributed by atoms with E-state index in [9.17, 15) is 0 Å². The Balaban J connectivity index is 2.37. The highest BCUT2D eigenvalue weighted by Crippen LogP contribution is 2.21. The van der Waals surface area contributed by atoms with Crippen LogP contribution in [0.1, 0.15) is 45.4 Å². The lowest BCUT2D eigenvalue weighted by Gasteiger charge is -2.18. The van der Waals surface area contributed by atoms with E-state index in [1.54, 1.807) is 5.57 Å². The summed E-state index contributed by atoms with van der Waals surface area (Å²) in [6.45, 7) is 1.87. The molecule has 0 aromatic rings. The minimum Gasteiger partial charge on any atom is -0.271 e. The number of hydrogen-bond acceptors (Lipinski definition) is 2. The maximum Gasteiger partial charge on any atom is 0.0357 e. The van der Waals surface area contributed by atoms with Crippen molar-refractivity contribution in [3.8, 4) is 11.8 Å². The molecule has 0 aromatic carbocycles. The molecule has 0 spiro atoms. The summed E-state index contributed by atoms with van der Waals surface area (Å²) in [5.74, 6) is 11.5. The number of rotatable bonds is 4. The summed E-state index contributed by atoms with van der Waals surface area (Å²) < 4.78 is 0. The largest absolute Gasteiger partial charge is 0.271 e. The van der Waals surface area contributed by atoms with Crippen molar-refractivity contribution in [3.63, 3.8) is 0 Å². The average Bonchev–Trinajstić information content (AvgIpc) is 2.25. The van der Waals surface area contributed by atoms with Gasteiger partial charge in [0.2, 0.25) is 0 Å². The van der Waals surface area contributed by atoms with E-state index in [4.69, 9.17) is 5.84 Å². The van der Waals surface area contributed by atoms with Gasteiger partial charge in [0.25, 0.3) is 0 Å². The summed E-state index contributed by atoms with van der Waals surface area (Å²) >= 11 is 0. The zero-order chi connectivity index (χ0) is 10.2. The molecule has 0 saturated heterocycles. The number of nitrogens with one attached hydrogen (secondary N) is 1. The summed E-state index contributed by atoms with van der Waals surface area (Å²) in [6, 6.07) is 0.326. The average molecular weight is 192 g/mol. The standard InChI is InChI=1S/C12H20N2/c1-2-3-9-12(14-13)10-11-7-5-4-6-8-11/h7,12,14H,4-6,8-10,13H2,1H3. The Hall–Kier alpha value is -0.780. The number of hydrazine groups is 1. The van der Waals surface area contributed by atoms with Crippen LogP contribution in [-0.4, -0.2) is 6.04 Å². The molecule has 3 N–H and O–H groups in total. The first-order chi connectivity index (χ1) is 6.86. The second-order valence-electron chi connectivity index (χ2n) is 3.81. The first-order valence-electron chi connectivity index (χ1n) is 5.40. The monoisotopic (exact) mass is 192 g/mol. The Labute approximate surface area is 86.9 Å². The highest BCUT2D eigenvalue weighted by molar-refractivity contribution is 5.09. The highest BCUT2D eigenvalue weighted by Gasteiger charge is 2.10. The molecule has 1 atom stereocenters. The lowest BCUT2D eigenvalue weighted by Crippen LogP contribution is -2.35. The second kappa shape index (κ2) is 6.64. The minimum atomic E-state index is 0.326. The van der Waals surface area contributed by atoms with Gasteiger partial charge in [-0.05, 0) is 39.0 Å². The predicted octanol–water partition coefficient (Wildman–Crippen LogP) is 2.12. The summed E-state index contributed by atoms with van der Waals surface area (Å²) in [5, 5.41) is 0. The van der Waals surface area contributed by atoms with Crippen molar-refractivity contribution in [2.45, 2.75) is 51.5 Å². The predicted molar refractivity (Wildman–Crippen MR) is 60.3 cm³/mol. The molecular formula is C12H20N2. The van der Waals surface area contributed by atoms with Gasteiger partial charge in [0, 0.05) is 12.5 Å². The summed E-state index contributed by atoms with van der Waals surface area (Å²) in [5.41, 5.74) is 4.39. The Morgan fingerprint density at radius 3 is 3.00 bits per heavy atom. The van der Waals surface area contributed by atoms with E-state index in [0.717, 1.165) is 12.8 Å². The molecular weight excluding hydrogens is 172 g/mol. The number of hydrogen-bond donors (Lipinski definition) is 2. The highest BCUT2D eigenvalue weighted by atomic mass is 15.2. The van der Waals surface area contributed by atoms with Crippen molar-refractivity contribution >= 4 is 0 Å². The fourth-order valence-corrected chi connectivity index (χ4v) is 1.82. The van der Waals surface area contributed by atoms with Crippen LogP contribution in [0, 0.1) is 11.8 Å². The van der Waals surface area contributed by atoms with Gasteiger partial charge in [-0.3, -0.25) is 11.3 Å². The molecule has 1 rings (SSSR count). The van der Waals surface area contributed by atoms with E-state index in [0.29, 0.717) is 6.04 Å². The van der Waals surface area contributed by atoms with Crippen LogP contribution in [0.4, 0.5) is 0 Å². The minimum absolute atomic E-state index is 0.326. The van der Waals surface area contributed by atoms with Crippen LogP contribution in [0.15, 0.2) is 11.6 Å². The molecule has 78 valence electrons. The lowest BCUT2D eigenvalue weighted by atomic mass is 9.93. The Morgan fingerprint density at radius 1 is 1.57 bits per heavy atom. The van der Waals surface area contributed by atoms with E-state index in [1.807, 2.05) is 6.92 Å². The van der Waals surface area contributed by atoms with Crippen molar-refractivity contribution in [2.75, 3.05) is 0 Å². The summed E-state index contributed by atoms with van der Waals surface area (Å²) in [7, 11) is 0. The molecule has 1 unspecified atom stereocenters. The zero-order valence-electron chi connectivity index (χ0n) is 8.97. The Morgan fingerprint density at radius 2 is 2.43 bits per heavy atom. The van der Waals surface area contributed by atoms with Crippen molar-refractivity contribution in [1.82, 2.24) is 5.43 Å². The van der Waals surface area contributed by atoms with Gasteiger partial charge in [-0.1, -0.05) is 11.6 Å². The number of allylic oxidation sites excluding steroid dienone is 1. The van der Waals surface area contributed by atoms with Crippen molar-refractivity contribution in [1.29, 1.82) is 0 Å². The third kappa shape index (κ3) is 3.95. The van der Waals surface area contributed by atoms with Gasteiger partial charge >= 0.3 is 0 Å². The molecule has 2 heteroatoms. The molecule has 0 aromatic heterocycles. The molecule has 1 aliphatic carbocycles. The van der Waals surface area contributed by atoms with Gasteiger partial charge in [-0.25, -0.2) is 0 Å². The van der Waals surface area contributed by atoms with Crippen LogP contribution < -0.4 is 11.3 Å². The van der Waals surface area contributed by atoms with Crippen LogP contribution in [0.2, 0.25) is 0 Å². The van der Waals surface area contributed by atoms with E-state index >= 15 is 0 Å². The molecule has 0 heterocycles. The number of nitrogens with two attached hydrogens (primary N) is 1. The molecule has 1 aliphatic rings. The smallest absolute Gasteiger partial charge is 0.0357 e. The molecule has 14 heavy (non-hydrogen) atoms. The molecule has 0 bridgehead atoms. The molecule has 0 amide bonds. The normalized spacial score (nSPS) is 18.0. The molecule has 0 aliphatic heterocycles. The van der Waals surface area contributed by atoms with Crippen molar-refractivity contribution < 1.29 is 0 Å². The van der Waals surface area contributed by atoms with E-state index in [1.165, 1.54) is 25.7 Å². The maximum absolute atomic E-state index is 5.49. The van der Waals surface area contributed by atoms with E-state index in [2.05, 4.69) is 23.3 Å². The van der Waals surface area contributed by atoms with Gasteiger partial charge < -0.3 is 0 Å². The third-order valence-electron chi connectivity index (χ3n) is 2.65. The van der Waals surface area contributed by atoms with Crippen LogP contribution in [0.3, 0.4) is 0 Å². The van der Waals surface area contributed by atoms with Gasteiger partial charge in [0.1, 0.15) is 0 Å².